The second-order valence-electron chi connectivity index (χ2n) is 8.64. The molecule has 170 valence electrons. The van der Waals surface area contributed by atoms with Gasteiger partial charge in [-0.1, -0.05) is 55.3 Å². The van der Waals surface area contributed by atoms with Crippen molar-refractivity contribution < 1.29 is 9.59 Å². The number of amides is 2. The van der Waals surface area contributed by atoms with Crippen molar-refractivity contribution in [3.8, 4) is 0 Å². The first kappa shape index (κ1) is 25.2. The first-order valence-corrected chi connectivity index (χ1v) is 12.0. The summed E-state index contributed by atoms with van der Waals surface area (Å²) in [5.41, 5.74) is 2.30. The molecule has 0 saturated heterocycles. The largest absolute Gasteiger partial charge is 0.345 e. The summed E-state index contributed by atoms with van der Waals surface area (Å²) in [4.78, 5) is 29.4. The third kappa shape index (κ3) is 7.53. The van der Waals surface area contributed by atoms with Gasteiger partial charge < -0.3 is 14.4 Å². The van der Waals surface area contributed by atoms with Gasteiger partial charge in [0.25, 0.3) is 0 Å². The molecule has 0 unspecified atom stereocenters. The smallest absolute Gasteiger partial charge is 0.242 e. The van der Waals surface area contributed by atoms with E-state index in [2.05, 4.69) is 51.8 Å². The standard InChI is InChI=1S/C25H36BrN3O2/c1-6-7-14-28(24(30)18-29(20(4)5)25(31)19(2)3)17-23-9-8-15-27(23)16-21-10-12-22(26)13-11-21/h8-13,15,19-20H,6-7,14,16-18H2,1-5H3. The number of benzene rings is 1. The number of unbranched alkanes of at least 4 members (excludes halogenated alkanes) is 1. The zero-order valence-electron chi connectivity index (χ0n) is 19.5. The maximum atomic E-state index is 13.2. The van der Waals surface area contributed by atoms with Crippen LogP contribution in [-0.4, -0.2) is 45.3 Å². The molecular weight excluding hydrogens is 454 g/mol. The van der Waals surface area contributed by atoms with Gasteiger partial charge in [0, 0.05) is 41.4 Å². The zero-order chi connectivity index (χ0) is 23.0. The number of carbonyl (C=O) groups is 2. The number of hydrogen-bond donors (Lipinski definition) is 0. The Kier molecular flexibility index (Phi) is 9.82. The van der Waals surface area contributed by atoms with Crippen LogP contribution in [0, 0.1) is 5.92 Å². The molecule has 1 aromatic heterocycles. The predicted octanol–water partition coefficient (Wildman–Crippen LogP) is 5.32. The summed E-state index contributed by atoms with van der Waals surface area (Å²) >= 11 is 3.48. The van der Waals surface area contributed by atoms with Crippen LogP contribution in [0.5, 0.6) is 0 Å². The van der Waals surface area contributed by atoms with Crippen LogP contribution >= 0.6 is 15.9 Å². The number of aromatic nitrogens is 1. The molecule has 0 aliphatic heterocycles. The highest BCUT2D eigenvalue weighted by atomic mass is 79.9. The highest BCUT2D eigenvalue weighted by Crippen LogP contribution is 2.15. The first-order chi connectivity index (χ1) is 14.7. The number of nitrogens with zero attached hydrogens (tertiary/aromatic N) is 3. The monoisotopic (exact) mass is 489 g/mol. The second kappa shape index (κ2) is 12.1. The average molecular weight is 490 g/mol. The third-order valence-electron chi connectivity index (χ3n) is 5.38. The van der Waals surface area contributed by atoms with Crippen LogP contribution in [0.15, 0.2) is 47.1 Å². The van der Waals surface area contributed by atoms with E-state index < -0.39 is 0 Å². The Hall–Kier alpha value is -2.08. The summed E-state index contributed by atoms with van der Waals surface area (Å²) in [6.07, 6.45) is 4.02. The molecule has 0 atom stereocenters. The Morgan fingerprint density at radius 1 is 1.06 bits per heavy atom. The Morgan fingerprint density at radius 2 is 1.74 bits per heavy atom. The highest BCUT2D eigenvalue weighted by molar-refractivity contribution is 9.10. The lowest BCUT2D eigenvalue weighted by Crippen LogP contribution is -2.47. The van der Waals surface area contributed by atoms with Crippen LogP contribution < -0.4 is 0 Å². The minimum atomic E-state index is -0.123. The van der Waals surface area contributed by atoms with E-state index >= 15 is 0 Å². The fraction of sp³-hybridized carbons (Fsp3) is 0.520. The van der Waals surface area contributed by atoms with Crippen molar-refractivity contribution in [3.05, 3.63) is 58.3 Å². The number of rotatable bonds is 11. The average Bonchev–Trinajstić information content (AvgIpc) is 3.16. The highest BCUT2D eigenvalue weighted by Gasteiger charge is 2.25. The normalized spacial score (nSPS) is 11.2. The van der Waals surface area contributed by atoms with E-state index in [1.165, 1.54) is 5.56 Å². The van der Waals surface area contributed by atoms with Gasteiger partial charge in [0.1, 0.15) is 0 Å². The summed E-state index contributed by atoms with van der Waals surface area (Å²) in [7, 11) is 0. The zero-order valence-corrected chi connectivity index (χ0v) is 21.1. The van der Waals surface area contributed by atoms with Crippen LogP contribution in [0.1, 0.15) is 58.7 Å². The summed E-state index contributed by atoms with van der Waals surface area (Å²) in [6.45, 7) is 12.0. The molecule has 0 aliphatic rings. The number of carbonyl (C=O) groups excluding carboxylic acids is 2. The van der Waals surface area contributed by atoms with Crippen molar-refractivity contribution in [1.29, 1.82) is 0 Å². The van der Waals surface area contributed by atoms with E-state index in [1.807, 2.05) is 50.8 Å². The molecule has 0 radical (unpaired) electrons. The maximum absolute atomic E-state index is 13.2. The van der Waals surface area contributed by atoms with Crippen LogP contribution in [0.3, 0.4) is 0 Å². The number of hydrogen-bond acceptors (Lipinski definition) is 2. The summed E-state index contributed by atoms with van der Waals surface area (Å²) in [6, 6.07) is 12.4. The van der Waals surface area contributed by atoms with Crippen molar-refractivity contribution in [3.63, 3.8) is 0 Å². The van der Waals surface area contributed by atoms with Crippen molar-refractivity contribution in [2.45, 2.75) is 66.6 Å². The molecule has 6 heteroatoms. The van der Waals surface area contributed by atoms with E-state index in [9.17, 15) is 9.59 Å². The molecule has 0 bridgehead atoms. The van der Waals surface area contributed by atoms with Gasteiger partial charge in [0.15, 0.2) is 0 Å². The third-order valence-corrected chi connectivity index (χ3v) is 5.91. The van der Waals surface area contributed by atoms with Crippen molar-refractivity contribution in [1.82, 2.24) is 14.4 Å². The summed E-state index contributed by atoms with van der Waals surface area (Å²) in [5, 5.41) is 0. The molecular formula is C25H36BrN3O2. The molecule has 0 aliphatic carbocycles. The molecule has 1 heterocycles. The Balaban J connectivity index is 2.16. The van der Waals surface area contributed by atoms with E-state index in [1.54, 1.807) is 4.90 Å². The Bertz CT molecular complexity index is 843. The van der Waals surface area contributed by atoms with Gasteiger partial charge in [0.05, 0.1) is 13.1 Å². The van der Waals surface area contributed by atoms with Crippen LogP contribution in [0.25, 0.3) is 0 Å². The molecule has 5 nitrogen and oxygen atoms in total. The Labute approximate surface area is 195 Å². The van der Waals surface area contributed by atoms with E-state index in [0.29, 0.717) is 13.1 Å². The van der Waals surface area contributed by atoms with Crippen LogP contribution in [0.4, 0.5) is 0 Å². The first-order valence-electron chi connectivity index (χ1n) is 11.2. The quantitative estimate of drug-likeness (QED) is 0.428. The maximum Gasteiger partial charge on any atom is 0.242 e. The van der Waals surface area contributed by atoms with Gasteiger partial charge in [-0.2, -0.15) is 0 Å². The number of halogens is 1. The lowest BCUT2D eigenvalue weighted by Gasteiger charge is -2.31. The van der Waals surface area contributed by atoms with E-state index in [-0.39, 0.29) is 30.3 Å². The van der Waals surface area contributed by atoms with Crippen molar-refractivity contribution >= 4 is 27.7 Å². The van der Waals surface area contributed by atoms with E-state index in [4.69, 9.17) is 0 Å². The molecule has 1 aromatic carbocycles. The topological polar surface area (TPSA) is 45.6 Å². The molecule has 2 aromatic rings. The SMILES string of the molecule is CCCCN(Cc1cccn1Cc1ccc(Br)cc1)C(=O)CN(C(=O)C(C)C)C(C)C. The van der Waals surface area contributed by atoms with Crippen LogP contribution in [0.2, 0.25) is 0 Å². The molecule has 0 saturated carbocycles. The molecule has 2 rings (SSSR count). The molecule has 2 amide bonds. The summed E-state index contributed by atoms with van der Waals surface area (Å²) in [5.74, 6) is -0.0904. The van der Waals surface area contributed by atoms with Crippen molar-refractivity contribution in [2.75, 3.05) is 13.1 Å². The van der Waals surface area contributed by atoms with Crippen LogP contribution in [-0.2, 0) is 22.7 Å². The van der Waals surface area contributed by atoms with Gasteiger partial charge in [0.2, 0.25) is 11.8 Å². The lowest BCUT2D eigenvalue weighted by atomic mass is 10.1. The minimum Gasteiger partial charge on any atom is -0.345 e. The van der Waals surface area contributed by atoms with Crippen molar-refractivity contribution in [2.24, 2.45) is 5.92 Å². The molecule has 0 spiro atoms. The molecule has 0 N–H and O–H groups in total. The lowest BCUT2D eigenvalue weighted by molar-refractivity contribution is -0.144. The predicted molar refractivity (Wildman–Crippen MR) is 130 cm³/mol. The summed E-state index contributed by atoms with van der Waals surface area (Å²) < 4.78 is 3.25. The van der Waals surface area contributed by atoms with E-state index in [0.717, 1.165) is 29.6 Å². The minimum absolute atomic E-state index is 0.00635. The molecule has 31 heavy (non-hydrogen) atoms. The Morgan fingerprint density at radius 3 is 2.32 bits per heavy atom. The van der Waals surface area contributed by atoms with Gasteiger partial charge >= 0.3 is 0 Å². The second-order valence-corrected chi connectivity index (χ2v) is 9.55. The fourth-order valence-electron chi connectivity index (χ4n) is 3.46. The van der Waals surface area contributed by atoms with Gasteiger partial charge in [-0.15, -0.1) is 0 Å². The fourth-order valence-corrected chi connectivity index (χ4v) is 3.73. The molecule has 0 fully saturated rings. The van der Waals surface area contributed by atoms with Gasteiger partial charge in [-0.3, -0.25) is 9.59 Å². The van der Waals surface area contributed by atoms with Gasteiger partial charge in [-0.25, -0.2) is 0 Å². The van der Waals surface area contributed by atoms with Gasteiger partial charge in [-0.05, 0) is 50.1 Å².